The van der Waals surface area contributed by atoms with Gasteiger partial charge in [-0.1, -0.05) is 6.92 Å². The first-order valence-electron chi connectivity index (χ1n) is 5.84. The summed E-state index contributed by atoms with van der Waals surface area (Å²) in [5.74, 6) is 0.429. The van der Waals surface area contributed by atoms with Gasteiger partial charge in [0.1, 0.15) is 5.82 Å². The van der Waals surface area contributed by atoms with E-state index in [1.54, 1.807) is 4.68 Å². The summed E-state index contributed by atoms with van der Waals surface area (Å²) in [5.41, 5.74) is 3.84. The third kappa shape index (κ3) is 2.12. The molecule has 0 N–H and O–H groups in total. The van der Waals surface area contributed by atoms with Crippen molar-refractivity contribution >= 4 is 11.6 Å². The van der Waals surface area contributed by atoms with E-state index in [2.05, 4.69) is 17.0 Å². The van der Waals surface area contributed by atoms with Gasteiger partial charge in [0, 0.05) is 11.3 Å². The van der Waals surface area contributed by atoms with Crippen LogP contribution in [0.5, 0.6) is 0 Å². The average Bonchev–Trinajstić information content (AvgIpc) is 2.64. The van der Waals surface area contributed by atoms with E-state index in [-0.39, 0.29) is 11.7 Å². The number of rotatable bonds is 3. The van der Waals surface area contributed by atoms with Crippen molar-refractivity contribution in [2.45, 2.75) is 33.1 Å². The molecule has 0 radical (unpaired) electrons. The van der Waals surface area contributed by atoms with Crippen LogP contribution in [0.2, 0.25) is 0 Å². The highest BCUT2D eigenvalue weighted by Gasteiger charge is 2.15. The van der Waals surface area contributed by atoms with Gasteiger partial charge in [-0.15, -0.1) is 11.6 Å². The molecule has 0 aliphatic heterocycles. The number of pyridine rings is 1. The maximum Gasteiger partial charge on any atom is 0.158 e. The first-order valence-corrected chi connectivity index (χ1v) is 6.37. The Bertz CT molecular complexity index is 578. The molecule has 0 aliphatic carbocycles. The topological polar surface area (TPSA) is 30.7 Å². The molecule has 2 rings (SSSR count). The Morgan fingerprint density at radius 3 is 2.67 bits per heavy atom. The Labute approximate surface area is 111 Å². The first-order chi connectivity index (χ1) is 8.58. The Balaban J connectivity index is 2.62. The van der Waals surface area contributed by atoms with Crippen LogP contribution in [0.4, 0.5) is 4.39 Å². The molecule has 0 fully saturated rings. The highest BCUT2D eigenvalue weighted by molar-refractivity contribution is 6.17. The van der Waals surface area contributed by atoms with E-state index in [0.717, 1.165) is 17.8 Å². The molecule has 0 saturated carbocycles. The summed E-state index contributed by atoms with van der Waals surface area (Å²) in [4.78, 5) is 4.11. The predicted octanol–water partition coefficient (Wildman–Crippen LogP) is 3.32. The normalized spacial score (nSPS) is 10.9. The molecule has 3 nitrogen and oxygen atoms in total. The van der Waals surface area contributed by atoms with Crippen LogP contribution in [-0.4, -0.2) is 14.8 Å². The molecular weight excluding hydrogens is 253 g/mol. The van der Waals surface area contributed by atoms with Crippen LogP contribution in [0.3, 0.4) is 0 Å². The van der Waals surface area contributed by atoms with Crippen LogP contribution < -0.4 is 0 Å². The minimum absolute atomic E-state index is 0.208. The van der Waals surface area contributed by atoms with E-state index in [9.17, 15) is 4.39 Å². The van der Waals surface area contributed by atoms with Crippen molar-refractivity contribution in [3.8, 4) is 5.82 Å². The lowest BCUT2D eigenvalue weighted by atomic mass is 10.1. The number of aromatic nitrogens is 3. The van der Waals surface area contributed by atoms with Crippen molar-refractivity contribution in [1.82, 2.24) is 14.8 Å². The van der Waals surface area contributed by atoms with Gasteiger partial charge in [-0.2, -0.15) is 5.10 Å². The monoisotopic (exact) mass is 267 g/mol. The molecule has 0 aromatic carbocycles. The number of aryl methyl sites for hydroxylation is 1. The quantitative estimate of drug-likeness (QED) is 0.799. The molecule has 2 aromatic heterocycles. The molecule has 2 heterocycles. The number of hydrogen-bond acceptors (Lipinski definition) is 2. The zero-order valence-electron chi connectivity index (χ0n) is 10.7. The fourth-order valence-corrected chi connectivity index (χ4v) is 2.35. The minimum atomic E-state index is -0.383. The standard InChI is InChI=1S/C13H15ClFN3/c1-4-12-8(2)17-18(9(12)3)13-10(6-14)5-11(15)7-16-13/h5,7H,4,6H2,1-3H3. The summed E-state index contributed by atoms with van der Waals surface area (Å²) in [7, 11) is 0. The van der Waals surface area contributed by atoms with E-state index >= 15 is 0 Å². The molecule has 18 heavy (non-hydrogen) atoms. The van der Waals surface area contributed by atoms with Crippen molar-refractivity contribution in [2.75, 3.05) is 0 Å². The largest absolute Gasteiger partial charge is 0.234 e. The molecular formula is C13H15ClFN3. The fourth-order valence-electron chi connectivity index (χ4n) is 2.16. The summed E-state index contributed by atoms with van der Waals surface area (Å²) in [6.07, 6.45) is 2.10. The summed E-state index contributed by atoms with van der Waals surface area (Å²) in [6, 6.07) is 1.40. The average molecular weight is 268 g/mol. The number of halogens is 2. The van der Waals surface area contributed by atoms with Crippen molar-refractivity contribution in [1.29, 1.82) is 0 Å². The smallest absolute Gasteiger partial charge is 0.158 e. The van der Waals surface area contributed by atoms with Crippen molar-refractivity contribution in [2.24, 2.45) is 0 Å². The van der Waals surface area contributed by atoms with Gasteiger partial charge in [0.25, 0.3) is 0 Å². The lowest BCUT2D eigenvalue weighted by Crippen LogP contribution is -2.06. The summed E-state index contributed by atoms with van der Waals surface area (Å²) < 4.78 is 14.9. The Kier molecular flexibility index (Phi) is 3.66. The lowest BCUT2D eigenvalue weighted by Gasteiger charge is -2.08. The maximum atomic E-state index is 13.2. The van der Waals surface area contributed by atoms with Gasteiger partial charge in [-0.3, -0.25) is 0 Å². The van der Waals surface area contributed by atoms with Gasteiger partial charge in [-0.25, -0.2) is 14.1 Å². The molecule has 0 saturated heterocycles. The second-order valence-electron chi connectivity index (χ2n) is 4.18. The van der Waals surface area contributed by atoms with E-state index in [1.165, 1.54) is 17.8 Å². The van der Waals surface area contributed by atoms with Crippen LogP contribution >= 0.6 is 11.6 Å². The Hall–Kier alpha value is -1.42. The molecule has 0 aliphatic rings. The molecule has 0 atom stereocenters. The molecule has 96 valence electrons. The molecule has 0 spiro atoms. The fraction of sp³-hybridized carbons (Fsp3) is 0.385. The van der Waals surface area contributed by atoms with Crippen LogP contribution in [0.25, 0.3) is 5.82 Å². The molecule has 0 unspecified atom stereocenters. The third-order valence-electron chi connectivity index (χ3n) is 3.05. The van der Waals surface area contributed by atoms with E-state index < -0.39 is 0 Å². The number of nitrogens with zero attached hydrogens (tertiary/aromatic N) is 3. The van der Waals surface area contributed by atoms with Crippen LogP contribution in [0, 0.1) is 19.7 Å². The van der Waals surface area contributed by atoms with Gasteiger partial charge in [-0.05, 0) is 31.9 Å². The second kappa shape index (κ2) is 5.06. The maximum absolute atomic E-state index is 13.2. The summed E-state index contributed by atoms with van der Waals surface area (Å²) >= 11 is 5.84. The first kappa shape index (κ1) is 13.0. The summed E-state index contributed by atoms with van der Waals surface area (Å²) in [6.45, 7) is 6.04. The van der Waals surface area contributed by atoms with Gasteiger partial charge in [0.05, 0.1) is 17.8 Å². The zero-order valence-corrected chi connectivity index (χ0v) is 11.4. The molecule has 2 aromatic rings. The van der Waals surface area contributed by atoms with Gasteiger partial charge in [0.15, 0.2) is 5.82 Å². The van der Waals surface area contributed by atoms with Gasteiger partial charge >= 0.3 is 0 Å². The highest BCUT2D eigenvalue weighted by Crippen LogP contribution is 2.21. The van der Waals surface area contributed by atoms with E-state index in [1.807, 2.05) is 13.8 Å². The van der Waals surface area contributed by atoms with Crippen molar-refractivity contribution in [3.63, 3.8) is 0 Å². The molecule has 0 bridgehead atoms. The predicted molar refractivity (Wildman–Crippen MR) is 69.7 cm³/mol. The summed E-state index contributed by atoms with van der Waals surface area (Å²) in [5, 5.41) is 4.46. The Morgan fingerprint density at radius 1 is 1.39 bits per heavy atom. The number of alkyl halides is 1. The van der Waals surface area contributed by atoms with E-state index in [4.69, 9.17) is 11.6 Å². The molecule has 5 heteroatoms. The lowest BCUT2D eigenvalue weighted by molar-refractivity contribution is 0.616. The SMILES string of the molecule is CCc1c(C)nn(-c2ncc(F)cc2CCl)c1C. The van der Waals surface area contributed by atoms with Crippen LogP contribution in [0.1, 0.15) is 29.4 Å². The van der Waals surface area contributed by atoms with Crippen molar-refractivity contribution < 1.29 is 4.39 Å². The minimum Gasteiger partial charge on any atom is -0.234 e. The Morgan fingerprint density at radius 2 is 2.11 bits per heavy atom. The van der Waals surface area contributed by atoms with Crippen LogP contribution in [0.15, 0.2) is 12.3 Å². The second-order valence-corrected chi connectivity index (χ2v) is 4.45. The van der Waals surface area contributed by atoms with Crippen molar-refractivity contribution in [3.05, 3.63) is 40.6 Å². The third-order valence-corrected chi connectivity index (χ3v) is 3.34. The van der Waals surface area contributed by atoms with E-state index in [0.29, 0.717) is 11.4 Å². The van der Waals surface area contributed by atoms with Gasteiger partial charge < -0.3 is 0 Å². The highest BCUT2D eigenvalue weighted by atomic mass is 35.5. The number of hydrogen-bond donors (Lipinski definition) is 0. The van der Waals surface area contributed by atoms with Crippen LogP contribution in [-0.2, 0) is 12.3 Å². The zero-order chi connectivity index (χ0) is 13.3. The van der Waals surface area contributed by atoms with Gasteiger partial charge in [0.2, 0.25) is 0 Å². The molecule has 0 amide bonds.